The van der Waals surface area contributed by atoms with Crippen LogP contribution in [0.5, 0.6) is 5.75 Å². The highest BCUT2D eigenvalue weighted by atomic mass is 79.9. The van der Waals surface area contributed by atoms with Crippen LogP contribution in [0.3, 0.4) is 0 Å². The van der Waals surface area contributed by atoms with E-state index in [4.69, 9.17) is 9.47 Å². The van der Waals surface area contributed by atoms with E-state index < -0.39 is 0 Å². The number of fused-ring (bicyclic) bond motifs is 4. The monoisotopic (exact) mass is 428 g/mol. The summed E-state index contributed by atoms with van der Waals surface area (Å²) in [5, 5.41) is 0. The molecular weight excluding hydrogens is 404 g/mol. The predicted octanol–water partition coefficient (Wildman–Crippen LogP) is 5.83. The van der Waals surface area contributed by atoms with Gasteiger partial charge in [0, 0.05) is 21.4 Å². The summed E-state index contributed by atoms with van der Waals surface area (Å²) in [5.74, 6) is 0.966. The van der Waals surface area contributed by atoms with Crippen LogP contribution < -0.4 is 4.74 Å². The highest BCUT2D eigenvalue weighted by Gasteiger charge is 2.58. The Labute approximate surface area is 169 Å². The van der Waals surface area contributed by atoms with Gasteiger partial charge >= 0.3 is 0 Å². The van der Waals surface area contributed by atoms with Crippen LogP contribution in [0.4, 0.5) is 0 Å². The Kier molecular flexibility index (Phi) is 4.68. The van der Waals surface area contributed by atoms with Crippen LogP contribution in [0.2, 0.25) is 0 Å². The predicted molar refractivity (Wildman–Crippen MR) is 109 cm³/mol. The quantitative estimate of drug-likeness (QED) is 0.576. The molecule has 0 aromatic heterocycles. The maximum Gasteiger partial charge on any atom is 0.205 e. The Morgan fingerprint density at radius 2 is 1.81 bits per heavy atom. The summed E-state index contributed by atoms with van der Waals surface area (Å²) in [5.41, 5.74) is 1.54. The maximum atomic E-state index is 13.6. The number of rotatable bonds is 3. The van der Waals surface area contributed by atoms with Crippen LogP contribution >= 0.6 is 15.9 Å². The standard InChI is InChI=1S/C23H25BrO3/c1-13(2)21-18(20(25)14-8-6-5-7-9-14)19-16-11-10-15(24)12-17(16)26-22(27-21)23(19,3)4/h5-13,18-19,21-22H,1-4H3/t18-,19-,21-,22+/m0/s1. The van der Waals surface area contributed by atoms with E-state index in [1.165, 1.54) is 0 Å². The maximum absolute atomic E-state index is 13.6. The first-order valence-electron chi connectivity index (χ1n) is 9.51. The molecule has 4 rings (SSSR count). The van der Waals surface area contributed by atoms with Gasteiger partial charge in [0.1, 0.15) is 5.75 Å². The van der Waals surface area contributed by atoms with Crippen molar-refractivity contribution in [1.29, 1.82) is 0 Å². The van der Waals surface area contributed by atoms with Crippen LogP contribution in [-0.4, -0.2) is 18.2 Å². The Bertz CT molecular complexity index is 859. The van der Waals surface area contributed by atoms with E-state index in [1.54, 1.807) is 0 Å². The van der Waals surface area contributed by atoms with Crippen molar-refractivity contribution in [3.63, 3.8) is 0 Å². The van der Waals surface area contributed by atoms with Crippen molar-refractivity contribution >= 4 is 21.7 Å². The average molecular weight is 429 g/mol. The molecular formula is C23H25BrO3. The summed E-state index contributed by atoms with van der Waals surface area (Å²) >= 11 is 3.53. The van der Waals surface area contributed by atoms with E-state index in [-0.39, 0.29) is 41.3 Å². The second-order valence-corrected chi connectivity index (χ2v) is 9.45. The molecule has 142 valence electrons. The minimum atomic E-state index is -0.364. The van der Waals surface area contributed by atoms with Crippen LogP contribution in [0.25, 0.3) is 0 Å². The molecule has 2 heterocycles. The topological polar surface area (TPSA) is 35.5 Å². The lowest BCUT2D eigenvalue weighted by molar-refractivity contribution is -0.249. The van der Waals surface area contributed by atoms with Crippen molar-refractivity contribution in [3.8, 4) is 5.75 Å². The molecule has 0 saturated carbocycles. The minimum Gasteiger partial charge on any atom is -0.464 e. The number of carbonyl (C=O) groups excluding carboxylic acids is 1. The minimum absolute atomic E-state index is 0.0354. The summed E-state index contributed by atoms with van der Waals surface area (Å²) in [7, 11) is 0. The Balaban J connectivity index is 1.88. The fraction of sp³-hybridized carbons (Fsp3) is 0.435. The van der Waals surface area contributed by atoms with E-state index in [1.807, 2.05) is 42.5 Å². The third kappa shape index (κ3) is 3.03. The molecule has 2 aliphatic rings. The summed E-state index contributed by atoms with van der Waals surface area (Å²) in [4.78, 5) is 13.6. The summed E-state index contributed by atoms with van der Waals surface area (Å²) in [6, 6.07) is 15.7. The zero-order valence-electron chi connectivity index (χ0n) is 16.1. The second kappa shape index (κ2) is 6.75. The molecule has 2 bridgehead atoms. The highest BCUT2D eigenvalue weighted by molar-refractivity contribution is 9.10. The lowest BCUT2D eigenvalue weighted by Gasteiger charge is -2.55. The number of ether oxygens (including phenoxy) is 2. The van der Waals surface area contributed by atoms with Crippen molar-refractivity contribution in [2.75, 3.05) is 0 Å². The van der Waals surface area contributed by atoms with E-state index in [2.05, 4.69) is 49.7 Å². The van der Waals surface area contributed by atoms with E-state index >= 15 is 0 Å². The first-order chi connectivity index (χ1) is 12.8. The van der Waals surface area contributed by atoms with Crippen molar-refractivity contribution in [3.05, 3.63) is 64.1 Å². The number of hydrogen-bond acceptors (Lipinski definition) is 3. The molecule has 0 amide bonds. The van der Waals surface area contributed by atoms with Crippen LogP contribution in [-0.2, 0) is 4.74 Å². The van der Waals surface area contributed by atoms with Gasteiger partial charge in [-0.05, 0) is 23.6 Å². The van der Waals surface area contributed by atoms with Crippen molar-refractivity contribution in [2.24, 2.45) is 17.3 Å². The van der Waals surface area contributed by atoms with E-state index in [9.17, 15) is 4.79 Å². The first kappa shape index (κ1) is 18.7. The number of ketones is 1. The Hall–Kier alpha value is -1.65. The van der Waals surface area contributed by atoms with Crippen LogP contribution in [0, 0.1) is 17.3 Å². The van der Waals surface area contributed by atoms with Gasteiger partial charge in [-0.15, -0.1) is 0 Å². The first-order valence-corrected chi connectivity index (χ1v) is 10.3. The van der Waals surface area contributed by atoms with Gasteiger partial charge in [0.15, 0.2) is 5.78 Å². The van der Waals surface area contributed by atoms with Crippen molar-refractivity contribution < 1.29 is 14.3 Å². The fourth-order valence-electron chi connectivity index (χ4n) is 4.63. The third-order valence-electron chi connectivity index (χ3n) is 5.97. The molecule has 1 fully saturated rings. The largest absolute Gasteiger partial charge is 0.464 e. The molecule has 27 heavy (non-hydrogen) atoms. The number of hydrogen-bond donors (Lipinski definition) is 0. The summed E-state index contributed by atoms with van der Waals surface area (Å²) < 4.78 is 13.6. The third-order valence-corrected chi connectivity index (χ3v) is 6.46. The Morgan fingerprint density at radius 1 is 1.11 bits per heavy atom. The Morgan fingerprint density at radius 3 is 2.48 bits per heavy atom. The molecule has 4 heteroatoms. The van der Waals surface area contributed by atoms with E-state index in [0.717, 1.165) is 21.3 Å². The molecule has 0 radical (unpaired) electrons. The van der Waals surface area contributed by atoms with Gasteiger partial charge in [0.25, 0.3) is 0 Å². The summed E-state index contributed by atoms with van der Waals surface area (Å²) in [6.07, 6.45) is -0.547. The number of halogens is 1. The van der Waals surface area contributed by atoms with Gasteiger partial charge in [-0.1, -0.05) is 80.0 Å². The van der Waals surface area contributed by atoms with Gasteiger partial charge < -0.3 is 9.47 Å². The molecule has 1 saturated heterocycles. The van der Waals surface area contributed by atoms with Crippen molar-refractivity contribution in [1.82, 2.24) is 0 Å². The zero-order chi connectivity index (χ0) is 19.3. The molecule has 3 nitrogen and oxygen atoms in total. The molecule has 2 aromatic rings. The van der Waals surface area contributed by atoms with E-state index in [0.29, 0.717) is 0 Å². The smallest absolute Gasteiger partial charge is 0.205 e. The molecule has 0 unspecified atom stereocenters. The fourth-order valence-corrected chi connectivity index (χ4v) is 4.97. The lowest BCUT2D eigenvalue weighted by atomic mass is 9.60. The molecule has 0 N–H and O–H groups in total. The van der Waals surface area contributed by atoms with Gasteiger partial charge in [-0.3, -0.25) is 4.79 Å². The molecule has 0 aliphatic carbocycles. The highest BCUT2D eigenvalue weighted by Crippen LogP contribution is 2.57. The molecule has 4 atom stereocenters. The molecule has 0 spiro atoms. The lowest BCUT2D eigenvalue weighted by Crippen LogP contribution is -2.59. The number of Topliss-reactive ketones (excluding diaryl/α,β-unsaturated/α-hetero) is 1. The zero-order valence-corrected chi connectivity index (χ0v) is 17.7. The average Bonchev–Trinajstić information content (AvgIpc) is 2.61. The van der Waals surface area contributed by atoms with Gasteiger partial charge in [-0.2, -0.15) is 0 Å². The van der Waals surface area contributed by atoms with Gasteiger partial charge in [0.05, 0.1) is 12.0 Å². The van der Waals surface area contributed by atoms with Crippen LogP contribution in [0.15, 0.2) is 53.0 Å². The van der Waals surface area contributed by atoms with Crippen molar-refractivity contribution in [2.45, 2.75) is 46.0 Å². The summed E-state index contributed by atoms with van der Waals surface area (Å²) in [6.45, 7) is 8.53. The number of carbonyl (C=O) groups is 1. The second-order valence-electron chi connectivity index (χ2n) is 8.53. The number of benzene rings is 2. The normalized spacial score (nSPS) is 28.4. The van der Waals surface area contributed by atoms with Gasteiger partial charge in [-0.25, -0.2) is 0 Å². The van der Waals surface area contributed by atoms with Crippen LogP contribution in [0.1, 0.15) is 49.5 Å². The SMILES string of the molecule is CC(C)[C@@H]1O[C@H]2Oc3cc(Br)ccc3[C@@H]([C@H]1C(=O)c1ccccc1)C2(C)C. The van der Waals surface area contributed by atoms with Gasteiger partial charge in [0.2, 0.25) is 6.29 Å². The molecule has 2 aromatic carbocycles. The molecule has 2 aliphatic heterocycles.